The van der Waals surface area contributed by atoms with Gasteiger partial charge in [0.1, 0.15) is 0 Å². The van der Waals surface area contributed by atoms with E-state index in [4.69, 9.17) is 4.74 Å². The summed E-state index contributed by atoms with van der Waals surface area (Å²) >= 11 is 0. The maximum absolute atomic E-state index is 10.9. The summed E-state index contributed by atoms with van der Waals surface area (Å²) in [5, 5.41) is 0. The first-order valence-corrected chi connectivity index (χ1v) is 6.35. The van der Waals surface area contributed by atoms with Crippen LogP contribution < -0.4 is 0 Å². The summed E-state index contributed by atoms with van der Waals surface area (Å²) in [7, 11) is 0. The molecule has 0 unspecified atom stereocenters. The smallest absolute Gasteiger partial charge is 0.246 e. The van der Waals surface area contributed by atoms with E-state index in [0.717, 1.165) is 5.57 Å². The summed E-state index contributed by atoms with van der Waals surface area (Å²) in [6.45, 7) is 11.9. The van der Waals surface area contributed by atoms with E-state index in [0.29, 0.717) is 26.3 Å². The first-order valence-electron chi connectivity index (χ1n) is 6.35. The molecular formula is C16H21NO2. The van der Waals surface area contributed by atoms with Crippen LogP contribution in [-0.4, -0.2) is 37.1 Å². The van der Waals surface area contributed by atoms with Crippen LogP contribution in [0.5, 0.6) is 0 Å². The Kier molecular flexibility index (Phi) is 6.61. The van der Waals surface area contributed by atoms with Crippen LogP contribution in [-0.2, 0) is 9.53 Å². The number of hydrogen-bond acceptors (Lipinski definition) is 2. The molecule has 1 aromatic carbocycles. The number of ether oxygens (including phenoxy) is 1. The molecule has 0 aromatic heterocycles. The normalized spacial score (nSPS) is 14.1. The minimum Gasteiger partial charge on any atom is -0.378 e. The van der Waals surface area contributed by atoms with Gasteiger partial charge in [0.05, 0.1) is 13.2 Å². The molecule has 1 fully saturated rings. The lowest BCUT2D eigenvalue weighted by atomic mass is 10.1. The van der Waals surface area contributed by atoms with Gasteiger partial charge in [-0.3, -0.25) is 4.79 Å². The van der Waals surface area contributed by atoms with Crippen molar-refractivity contribution in [3.63, 3.8) is 0 Å². The number of nitrogens with zero attached hydrogens (tertiary/aromatic N) is 1. The Morgan fingerprint density at radius 1 is 1.26 bits per heavy atom. The molecule has 1 aromatic rings. The largest absolute Gasteiger partial charge is 0.378 e. The van der Waals surface area contributed by atoms with Gasteiger partial charge < -0.3 is 9.64 Å². The number of allylic oxidation sites excluding steroid dienone is 1. The van der Waals surface area contributed by atoms with Crippen molar-refractivity contribution in [3.8, 4) is 0 Å². The number of morpholine rings is 1. The average Bonchev–Trinajstić information content (AvgIpc) is 2.49. The summed E-state index contributed by atoms with van der Waals surface area (Å²) < 4.78 is 5.07. The van der Waals surface area contributed by atoms with Crippen LogP contribution in [0, 0.1) is 0 Å². The number of amides is 1. The van der Waals surface area contributed by atoms with E-state index in [1.807, 2.05) is 25.1 Å². The number of carbonyl (C=O) groups is 1. The monoisotopic (exact) mass is 259 g/mol. The third kappa shape index (κ3) is 5.53. The first kappa shape index (κ1) is 15.2. The van der Waals surface area contributed by atoms with E-state index in [-0.39, 0.29) is 5.91 Å². The Morgan fingerprint density at radius 3 is 2.26 bits per heavy atom. The van der Waals surface area contributed by atoms with E-state index in [9.17, 15) is 4.79 Å². The Balaban J connectivity index is 0.000000191. The third-order valence-corrected chi connectivity index (χ3v) is 2.76. The summed E-state index contributed by atoms with van der Waals surface area (Å²) in [4.78, 5) is 12.7. The molecule has 19 heavy (non-hydrogen) atoms. The molecule has 0 N–H and O–H groups in total. The topological polar surface area (TPSA) is 29.5 Å². The van der Waals surface area contributed by atoms with Crippen LogP contribution >= 0.6 is 0 Å². The summed E-state index contributed by atoms with van der Waals surface area (Å²) in [6, 6.07) is 10.2. The molecule has 0 radical (unpaired) electrons. The average molecular weight is 259 g/mol. The lowest BCUT2D eigenvalue weighted by molar-refractivity contribution is -0.129. The minimum absolute atomic E-state index is 0.00306. The van der Waals surface area contributed by atoms with Crippen molar-refractivity contribution in [1.82, 2.24) is 4.90 Å². The quantitative estimate of drug-likeness (QED) is 0.764. The van der Waals surface area contributed by atoms with Gasteiger partial charge in [-0.25, -0.2) is 0 Å². The Labute approximate surface area is 115 Å². The second-order valence-corrected chi connectivity index (χ2v) is 4.29. The van der Waals surface area contributed by atoms with Gasteiger partial charge in [0.2, 0.25) is 5.91 Å². The zero-order chi connectivity index (χ0) is 14.1. The van der Waals surface area contributed by atoms with Crippen molar-refractivity contribution in [2.75, 3.05) is 26.3 Å². The number of benzene rings is 1. The highest BCUT2D eigenvalue weighted by Gasteiger charge is 2.12. The van der Waals surface area contributed by atoms with Gasteiger partial charge in [0.15, 0.2) is 0 Å². The fourth-order valence-electron chi connectivity index (χ4n) is 1.64. The first-order chi connectivity index (χ1) is 9.15. The summed E-state index contributed by atoms with van der Waals surface area (Å²) in [5.41, 5.74) is 2.34. The maximum Gasteiger partial charge on any atom is 0.246 e. The van der Waals surface area contributed by atoms with Crippen LogP contribution in [0.15, 0.2) is 49.6 Å². The van der Waals surface area contributed by atoms with Crippen LogP contribution in [0.3, 0.4) is 0 Å². The lowest BCUT2D eigenvalue weighted by Gasteiger charge is -2.25. The highest BCUT2D eigenvalue weighted by Crippen LogP contribution is 2.08. The van der Waals surface area contributed by atoms with Gasteiger partial charge in [-0.2, -0.15) is 0 Å². The second kappa shape index (κ2) is 8.27. The molecule has 0 spiro atoms. The van der Waals surface area contributed by atoms with Crippen molar-refractivity contribution in [2.45, 2.75) is 6.92 Å². The van der Waals surface area contributed by atoms with Crippen LogP contribution in [0.1, 0.15) is 12.5 Å². The fourth-order valence-corrected chi connectivity index (χ4v) is 1.64. The van der Waals surface area contributed by atoms with Crippen LogP contribution in [0.25, 0.3) is 5.57 Å². The molecule has 1 aliphatic rings. The van der Waals surface area contributed by atoms with Crippen molar-refractivity contribution in [2.24, 2.45) is 0 Å². The van der Waals surface area contributed by atoms with Crippen molar-refractivity contribution < 1.29 is 9.53 Å². The fraction of sp³-hybridized carbons (Fsp3) is 0.312. The molecule has 102 valence electrons. The van der Waals surface area contributed by atoms with E-state index in [1.165, 1.54) is 11.6 Å². The summed E-state index contributed by atoms with van der Waals surface area (Å²) in [6.07, 6.45) is 1.34. The molecule has 2 rings (SSSR count). The molecule has 3 heteroatoms. The van der Waals surface area contributed by atoms with Crippen LogP contribution in [0.4, 0.5) is 0 Å². The van der Waals surface area contributed by atoms with Gasteiger partial charge >= 0.3 is 0 Å². The highest BCUT2D eigenvalue weighted by molar-refractivity contribution is 5.87. The van der Waals surface area contributed by atoms with E-state index < -0.39 is 0 Å². The van der Waals surface area contributed by atoms with E-state index >= 15 is 0 Å². The molecule has 0 bridgehead atoms. The molecule has 3 nitrogen and oxygen atoms in total. The molecule has 0 aliphatic carbocycles. The van der Waals surface area contributed by atoms with Crippen molar-refractivity contribution in [1.29, 1.82) is 0 Å². The molecule has 1 saturated heterocycles. The third-order valence-electron chi connectivity index (χ3n) is 2.76. The zero-order valence-electron chi connectivity index (χ0n) is 11.5. The molecule has 0 atom stereocenters. The predicted molar refractivity (Wildman–Crippen MR) is 78.7 cm³/mol. The van der Waals surface area contributed by atoms with Crippen molar-refractivity contribution in [3.05, 3.63) is 55.1 Å². The van der Waals surface area contributed by atoms with Crippen molar-refractivity contribution >= 4 is 11.5 Å². The lowest BCUT2D eigenvalue weighted by Crippen LogP contribution is -2.39. The van der Waals surface area contributed by atoms with Gasteiger partial charge in [0, 0.05) is 13.1 Å². The second-order valence-electron chi connectivity index (χ2n) is 4.29. The van der Waals surface area contributed by atoms with Gasteiger partial charge in [0.25, 0.3) is 0 Å². The molecule has 0 saturated carbocycles. The highest BCUT2D eigenvalue weighted by atomic mass is 16.5. The molecule has 1 heterocycles. The SMILES string of the molecule is C=C(C)c1ccccc1.C=CC(=O)N1CCOCC1. The van der Waals surface area contributed by atoms with Gasteiger partial charge in [-0.1, -0.05) is 49.1 Å². The minimum atomic E-state index is 0.00306. The zero-order valence-corrected chi connectivity index (χ0v) is 11.5. The maximum atomic E-state index is 10.9. The van der Waals surface area contributed by atoms with E-state index in [1.54, 1.807) is 4.90 Å². The van der Waals surface area contributed by atoms with E-state index in [2.05, 4.69) is 25.3 Å². The Morgan fingerprint density at radius 2 is 1.84 bits per heavy atom. The number of hydrogen-bond donors (Lipinski definition) is 0. The Hall–Kier alpha value is -1.87. The standard InChI is InChI=1S/C9H10.C7H11NO2/c1-8(2)9-6-4-3-5-7-9;1-2-7(9)8-3-5-10-6-4-8/h3-7H,1H2,2H3;2H,1,3-6H2. The molecular weight excluding hydrogens is 238 g/mol. The number of rotatable bonds is 2. The van der Waals surface area contributed by atoms with Gasteiger partial charge in [-0.05, 0) is 18.6 Å². The molecule has 1 aliphatic heterocycles. The Bertz CT molecular complexity index is 420. The van der Waals surface area contributed by atoms with Crippen LogP contribution in [0.2, 0.25) is 0 Å². The van der Waals surface area contributed by atoms with Gasteiger partial charge in [-0.15, -0.1) is 0 Å². The summed E-state index contributed by atoms with van der Waals surface area (Å²) in [5.74, 6) is 0.00306. The number of carbonyl (C=O) groups excluding carboxylic acids is 1. The molecule has 1 amide bonds. The predicted octanol–water partition coefficient (Wildman–Crippen LogP) is 2.75.